The lowest BCUT2D eigenvalue weighted by Crippen LogP contribution is -2.20. The number of hydrogen-bond donors (Lipinski definition) is 1. The SMILES string of the molecule is CCOc1cc(C=Nn2c(-c3cc4cc(Cl)ccc4o3)nc3ccccc3c2=O)c(Br)c(Cl)c1OCC(=O)O. The summed E-state index contributed by atoms with van der Waals surface area (Å²) in [7, 11) is 0. The lowest BCUT2D eigenvalue weighted by molar-refractivity contribution is -0.139. The minimum Gasteiger partial charge on any atom is -0.490 e. The smallest absolute Gasteiger partial charge is 0.341 e. The van der Waals surface area contributed by atoms with Gasteiger partial charge in [0.1, 0.15) is 10.6 Å². The molecule has 2 heterocycles. The van der Waals surface area contributed by atoms with Crippen molar-refractivity contribution in [3.63, 3.8) is 0 Å². The fourth-order valence-corrected chi connectivity index (χ4v) is 4.70. The van der Waals surface area contributed by atoms with Gasteiger partial charge in [0.05, 0.1) is 23.7 Å². The second-order valence-electron chi connectivity index (χ2n) is 8.14. The van der Waals surface area contributed by atoms with Crippen molar-refractivity contribution in [1.82, 2.24) is 9.66 Å². The molecule has 2 aromatic heterocycles. The molecule has 0 aliphatic carbocycles. The number of aromatic nitrogens is 2. The van der Waals surface area contributed by atoms with Gasteiger partial charge in [-0.3, -0.25) is 4.79 Å². The summed E-state index contributed by atoms with van der Waals surface area (Å²) in [5.74, 6) is -0.394. The van der Waals surface area contributed by atoms with Crippen molar-refractivity contribution < 1.29 is 23.8 Å². The molecule has 0 aliphatic rings. The molecular formula is C27H18BrCl2N3O6. The number of ether oxygens (including phenoxy) is 2. The Hall–Kier alpha value is -3.86. The van der Waals surface area contributed by atoms with E-state index in [1.807, 2.05) is 0 Å². The first kappa shape index (κ1) is 26.7. The Morgan fingerprint density at radius 2 is 1.97 bits per heavy atom. The lowest BCUT2D eigenvalue weighted by atomic mass is 10.2. The molecule has 39 heavy (non-hydrogen) atoms. The van der Waals surface area contributed by atoms with Gasteiger partial charge in [0.25, 0.3) is 5.56 Å². The van der Waals surface area contributed by atoms with Crippen molar-refractivity contribution in [2.24, 2.45) is 5.10 Å². The van der Waals surface area contributed by atoms with Gasteiger partial charge in [-0.2, -0.15) is 9.78 Å². The number of benzene rings is 3. The van der Waals surface area contributed by atoms with Gasteiger partial charge in [-0.15, -0.1) is 0 Å². The summed E-state index contributed by atoms with van der Waals surface area (Å²) < 4.78 is 18.5. The summed E-state index contributed by atoms with van der Waals surface area (Å²) in [5, 5.41) is 15.2. The van der Waals surface area contributed by atoms with Crippen molar-refractivity contribution in [3.8, 4) is 23.1 Å². The fourth-order valence-electron chi connectivity index (χ4n) is 3.86. The Morgan fingerprint density at radius 3 is 2.74 bits per heavy atom. The number of para-hydroxylation sites is 1. The van der Waals surface area contributed by atoms with Gasteiger partial charge >= 0.3 is 5.97 Å². The highest BCUT2D eigenvalue weighted by atomic mass is 79.9. The lowest BCUT2D eigenvalue weighted by Gasteiger charge is -2.15. The van der Waals surface area contributed by atoms with Crippen LogP contribution in [0.5, 0.6) is 11.5 Å². The maximum absolute atomic E-state index is 13.5. The molecule has 0 aliphatic heterocycles. The second-order valence-corrected chi connectivity index (χ2v) is 9.75. The van der Waals surface area contributed by atoms with Crippen LogP contribution in [0, 0.1) is 0 Å². The van der Waals surface area contributed by atoms with E-state index in [1.165, 1.54) is 6.21 Å². The fraction of sp³-hybridized carbons (Fsp3) is 0.111. The topological polar surface area (TPSA) is 116 Å². The number of carboxylic acids is 1. The first-order valence-corrected chi connectivity index (χ1v) is 13.1. The van der Waals surface area contributed by atoms with E-state index in [0.717, 1.165) is 10.1 Å². The minimum absolute atomic E-state index is 0.0658. The summed E-state index contributed by atoms with van der Waals surface area (Å²) in [5.41, 5.74) is 1.07. The number of carbonyl (C=O) groups is 1. The maximum Gasteiger partial charge on any atom is 0.341 e. The molecule has 0 fully saturated rings. The van der Waals surface area contributed by atoms with Crippen LogP contribution < -0.4 is 15.0 Å². The van der Waals surface area contributed by atoms with Gasteiger partial charge in [-0.05, 0) is 65.3 Å². The average Bonchev–Trinajstić information content (AvgIpc) is 3.33. The molecule has 0 bridgehead atoms. The van der Waals surface area contributed by atoms with E-state index in [1.54, 1.807) is 61.5 Å². The molecule has 0 spiro atoms. The number of hydrogen-bond acceptors (Lipinski definition) is 7. The van der Waals surface area contributed by atoms with Crippen LogP contribution in [0.15, 0.2) is 73.4 Å². The Bertz CT molecular complexity index is 1830. The van der Waals surface area contributed by atoms with Gasteiger partial charge in [0, 0.05) is 20.4 Å². The number of halogens is 3. The Balaban J connectivity index is 1.67. The molecular weight excluding hydrogens is 613 g/mol. The minimum atomic E-state index is -1.17. The van der Waals surface area contributed by atoms with Crippen LogP contribution in [-0.4, -0.2) is 40.2 Å². The quantitative estimate of drug-likeness (QED) is 0.191. The van der Waals surface area contributed by atoms with Crippen LogP contribution in [0.4, 0.5) is 0 Å². The third kappa shape index (κ3) is 5.36. The monoisotopic (exact) mass is 629 g/mol. The van der Waals surface area contributed by atoms with Crippen LogP contribution in [-0.2, 0) is 4.79 Å². The Morgan fingerprint density at radius 1 is 1.18 bits per heavy atom. The largest absolute Gasteiger partial charge is 0.490 e. The molecule has 0 radical (unpaired) electrons. The number of carboxylic acid groups (broad SMARTS) is 1. The number of rotatable bonds is 8. The molecule has 0 saturated carbocycles. The van der Waals surface area contributed by atoms with Crippen molar-refractivity contribution in [3.05, 3.63) is 85.0 Å². The van der Waals surface area contributed by atoms with E-state index in [-0.39, 0.29) is 29.0 Å². The summed E-state index contributed by atoms with van der Waals surface area (Å²) in [4.78, 5) is 29.2. The first-order valence-electron chi connectivity index (χ1n) is 11.5. The van der Waals surface area contributed by atoms with Gasteiger partial charge in [0.15, 0.2) is 23.9 Å². The van der Waals surface area contributed by atoms with E-state index in [2.05, 4.69) is 26.0 Å². The van der Waals surface area contributed by atoms with Crippen LogP contribution in [0.2, 0.25) is 10.0 Å². The normalized spacial score (nSPS) is 11.5. The molecule has 1 N–H and O–H groups in total. The molecule has 9 nitrogen and oxygen atoms in total. The number of aliphatic carboxylic acids is 1. The molecule has 5 rings (SSSR count). The van der Waals surface area contributed by atoms with Crippen LogP contribution in [0.3, 0.4) is 0 Å². The summed E-state index contributed by atoms with van der Waals surface area (Å²) in [6.45, 7) is 1.42. The number of fused-ring (bicyclic) bond motifs is 2. The Labute approximate surface area is 239 Å². The number of nitrogens with zero attached hydrogens (tertiary/aromatic N) is 3. The predicted octanol–water partition coefficient (Wildman–Crippen LogP) is 6.62. The van der Waals surface area contributed by atoms with E-state index in [4.69, 9.17) is 42.2 Å². The number of furan rings is 1. The molecule has 0 unspecified atom stereocenters. The van der Waals surface area contributed by atoms with Crippen molar-refractivity contribution in [2.75, 3.05) is 13.2 Å². The van der Waals surface area contributed by atoms with Crippen LogP contribution in [0.1, 0.15) is 12.5 Å². The van der Waals surface area contributed by atoms with Crippen molar-refractivity contribution in [1.29, 1.82) is 0 Å². The third-order valence-electron chi connectivity index (χ3n) is 5.56. The zero-order valence-corrected chi connectivity index (χ0v) is 23.2. The van der Waals surface area contributed by atoms with Gasteiger partial charge in [-0.1, -0.05) is 35.3 Å². The molecule has 12 heteroatoms. The van der Waals surface area contributed by atoms with Crippen molar-refractivity contribution >= 4 is 73.2 Å². The van der Waals surface area contributed by atoms with Crippen LogP contribution >= 0.6 is 39.1 Å². The predicted molar refractivity (Wildman–Crippen MR) is 153 cm³/mol. The van der Waals surface area contributed by atoms with Gasteiger partial charge in [-0.25, -0.2) is 9.78 Å². The highest BCUT2D eigenvalue weighted by molar-refractivity contribution is 9.10. The standard InChI is InChI=1S/C27H18BrCl2N3O6/c1-2-37-20-11-15(23(28)24(30)25(20)38-13-22(34)35)12-31-33-26(32-18-6-4-3-5-17(18)27(33)36)21-10-14-9-16(29)7-8-19(14)39-21/h3-12H,2,13H2,1H3,(H,34,35). The first-order chi connectivity index (χ1) is 18.8. The van der Waals surface area contributed by atoms with Gasteiger partial charge < -0.3 is 19.0 Å². The second kappa shape index (κ2) is 11.1. The molecule has 3 aromatic carbocycles. The van der Waals surface area contributed by atoms with E-state index in [9.17, 15) is 9.59 Å². The van der Waals surface area contributed by atoms with Gasteiger partial charge in [0.2, 0.25) is 5.82 Å². The van der Waals surface area contributed by atoms with E-state index >= 15 is 0 Å². The van der Waals surface area contributed by atoms with Crippen LogP contribution in [0.25, 0.3) is 33.5 Å². The zero-order valence-electron chi connectivity index (χ0n) is 20.2. The summed E-state index contributed by atoms with van der Waals surface area (Å²) in [6, 6.07) is 15.4. The highest BCUT2D eigenvalue weighted by Gasteiger charge is 2.20. The Kier molecular flexibility index (Phi) is 7.60. The molecule has 0 saturated heterocycles. The molecule has 0 atom stereocenters. The summed E-state index contributed by atoms with van der Waals surface area (Å²) in [6.07, 6.45) is 1.40. The maximum atomic E-state index is 13.5. The average molecular weight is 631 g/mol. The molecule has 5 aromatic rings. The zero-order chi connectivity index (χ0) is 27.7. The third-order valence-corrected chi connectivity index (χ3v) is 7.24. The summed E-state index contributed by atoms with van der Waals surface area (Å²) >= 11 is 16.0. The van der Waals surface area contributed by atoms with E-state index in [0.29, 0.717) is 37.3 Å². The molecule has 198 valence electrons. The van der Waals surface area contributed by atoms with E-state index < -0.39 is 18.1 Å². The van der Waals surface area contributed by atoms with Crippen molar-refractivity contribution in [2.45, 2.75) is 6.92 Å². The highest BCUT2D eigenvalue weighted by Crippen LogP contribution is 2.42. The molecule has 0 amide bonds.